The zero-order valence-corrected chi connectivity index (χ0v) is 19.9. The lowest BCUT2D eigenvalue weighted by Crippen LogP contribution is -2.40. The molecule has 1 aromatic carbocycles. The maximum Gasteiger partial charge on any atom is 0.223 e. The highest BCUT2D eigenvalue weighted by atomic mass is 127. The maximum absolute atomic E-state index is 12.3. The van der Waals surface area contributed by atoms with Crippen LogP contribution in [0.15, 0.2) is 35.3 Å². The van der Waals surface area contributed by atoms with E-state index in [1.54, 1.807) is 0 Å². The molecule has 0 saturated carbocycles. The van der Waals surface area contributed by atoms with Crippen LogP contribution in [0.4, 0.5) is 0 Å². The van der Waals surface area contributed by atoms with Gasteiger partial charge in [-0.1, -0.05) is 57.0 Å². The summed E-state index contributed by atoms with van der Waals surface area (Å²) in [6.07, 6.45) is 3.87. The van der Waals surface area contributed by atoms with Gasteiger partial charge < -0.3 is 15.5 Å². The lowest BCUT2D eigenvalue weighted by Gasteiger charge is -2.18. The fourth-order valence-corrected chi connectivity index (χ4v) is 3.47. The van der Waals surface area contributed by atoms with Gasteiger partial charge in [0.05, 0.1) is 0 Å². The largest absolute Gasteiger partial charge is 0.357 e. The van der Waals surface area contributed by atoms with Crippen LogP contribution in [-0.2, 0) is 11.2 Å². The minimum absolute atomic E-state index is 0. The molecular weight excluding hydrogens is 463 g/mol. The first kappa shape index (κ1) is 24.7. The molecular formula is C22H37IN4O. The molecule has 5 nitrogen and oxygen atoms in total. The van der Waals surface area contributed by atoms with Gasteiger partial charge in [0, 0.05) is 45.1 Å². The van der Waals surface area contributed by atoms with Crippen LogP contribution in [0.5, 0.6) is 0 Å². The molecule has 158 valence electrons. The highest BCUT2D eigenvalue weighted by molar-refractivity contribution is 14.0. The van der Waals surface area contributed by atoms with E-state index in [2.05, 4.69) is 55.7 Å². The van der Waals surface area contributed by atoms with Crippen molar-refractivity contribution in [1.29, 1.82) is 0 Å². The lowest BCUT2D eigenvalue weighted by atomic mass is 10.0. The summed E-state index contributed by atoms with van der Waals surface area (Å²) >= 11 is 0. The van der Waals surface area contributed by atoms with Crippen LogP contribution in [0.25, 0.3) is 0 Å². The number of amides is 1. The van der Waals surface area contributed by atoms with Gasteiger partial charge in [0.25, 0.3) is 0 Å². The Morgan fingerprint density at radius 1 is 1.18 bits per heavy atom. The molecule has 0 aromatic heterocycles. The minimum Gasteiger partial charge on any atom is -0.357 e. The quantitative estimate of drug-likeness (QED) is 0.293. The van der Waals surface area contributed by atoms with Crippen LogP contribution < -0.4 is 10.6 Å². The summed E-state index contributed by atoms with van der Waals surface area (Å²) in [5, 5.41) is 6.76. The van der Waals surface area contributed by atoms with Gasteiger partial charge in [-0.2, -0.15) is 0 Å². The van der Waals surface area contributed by atoms with E-state index >= 15 is 0 Å². The normalized spacial score (nSPS) is 17.0. The van der Waals surface area contributed by atoms with Gasteiger partial charge in [0.15, 0.2) is 5.96 Å². The third-order valence-electron chi connectivity index (χ3n) is 5.37. The van der Waals surface area contributed by atoms with Crippen LogP contribution in [0, 0.1) is 11.8 Å². The summed E-state index contributed by atoms with van der Waals surface area (Å²) < 4.78 is 0. The third kappa shape index (κ3) is 8.37. The predicted octanol–water partition coefficient (Wildman–Crippen LogP) is 3.69. The van der Waals surface area contributed by atoms with E-state index in [4.69, 9.17) is 4.99 Å². The number of benzene rings is 1. The molecule has 0 radical (unpaired) electrons. The number of nitrogens with one attached hydrogen (secondary N) is 2. The number of guanidine groups is 1. The van der Waals surface area contributed by atoms with E-state index < -0.39 is 0 Å². The Bertz CT molecular complexity index is 589. The number of hydrogen-bond donors (Lipinski definition) is 2. The number of aliphatic imine (C=N–C) groups is 1. The first-order chi connectivity index (χ1) is 13.2. The van der Waals surface area contributed by atoms with Gasteiger partial charge >= 0.3 is 0 Å². The molecule has 1 aliphatic rings. The van der Waals surface area contributed by atoms with Gasteiger partial charge in [-0.15, -0.1) is 24.0 Å². The van der Waals surface area contributed by atoms with E-state index in [-0.39, 0.29) is 29.9 Å². The predicted molar refractivity (Wildman–Crippen MR) is 128 cm³/mol. The number of halogens is 1. The van der Waals surface area contributed by atoms with E-state index in [1.807, 2.05) is 11.0 Å². The smallest absolute Gasteiger partial charge is 0.223 e. The standard InChI is InChI=1S/C22H36N4O.HI/c1-4-18(5-2)15-24-22(23-6-3)25-16-20-14-21(27)26(17-20)13-12-19-10-8-7-9-11-19;/h7-11,18,20H,4-6,12-17H2,1-3H3,(H2,23,24,25);1H. The van der Waals surface area contributed by atoms with Crippen molar-refractivity contribution in [2.45, 2.75) is 46.5 Å². The highest BCUT2D eigenvalue weighted by Crippen LogP contribution is 2.17. The number of carbonyl (C=O) groups excluding carboxylic acids is 1. The maximum atomic E-state index is 12.3. The molecule has 0 aliphatic carbocycles. The van der Waals surface area contributed by atoms with Crippen molar-refractivity contribution in [2.75, 3.05) is 32.7 Å². The van der Waals surface area contributed by atoms with E-state index in [0.29, 0.717) is 18.3 Å². The molecule has 28 heavy (non-hydrogen) atoms. The number of carbonyl (C=O) groups is 1. The van der Waals surface area contributed by atoms with Gasteiger partial charge in [-0.3, -0.25) is 9.79 Å². The molecule has 2 rings (SSSR count). The summed E-state index contributed by atoms with van der Waals surface area (Å²) in [6.45, 7) is 10.7. The Balaban J connectivity index is 0.00000392. The molecule has 1 unspecified atom stereocenters. The van der Waals surface area contributed by atoms with Crippen LogP contribution in [0.3, 0.4) is 0 Å². The van der Waals surface area contributed by atoms with Crippen molar-refractivity contribution in [1.82, 2.24) is 15.5 Å². The lowest BCUT2D eigenvalue weighted by molar-refractivity contribution is -0.127. The van der Waals surface area contributed by atoms with E-state index in [0.717, 1.165) is 57.9 Å². The van der Waals surface area contributed by atoms with Crippen LogP contribution in [0.2, 0.25) is 0 Å². The average molecular weight is 500 g/mol. The van der Waals surface area contributed by atoms with Crippen molar-refractivity contribution in [3.8, 4) is 0 Å². The van der Waals surface area contributed by atoms with Crippen molar-refractivity contribution in [3.63, 3.8) is 0 Å². The Kier molecular flexibility index (Phi) is 12.2. The fraction of sp³-hybridized carbons (Fsp3) is 0.636. The van der Waals surface area contributed by atoms with Crippen LogP contribution in [-0.4, -0.2) is 49.5 Å². The fourth-order valence-electron chi connectivity index (χ4n) is 3.47. The number of likely N-dealkylation sites (tertiary alicyclic amines) is 1. The SMILES string of the molecule is CCNC(=NCC(CC)CC)NCC1CC(=O)N(CCc2ccccc2)C1.I. The molecule has 1 aromatic rings. The zero-order valence-electron chi connectivity index (χ0n) is 17.6. The Morgan fingerprint density at radius 2 is 1.89 bits per heavy atom. The Hall–Kier alpha value is -1.31. The highest BCUT2D eigenvalue weighted by Gasteiger charge is 2.29. The average Bonchev–Trinajstić information content (AvgIpc) is 3.05. The molecule has 0 bridgehead atoms. The van der Waals surface area contributed by atoms with Crippen molar-refractivity contribution >= 4 is 35.8 Å². The van der Waals surface area contributed by atoms with Crippen LogP contribution in [0.1, 0.15) is 45.6 Å². The molecule has 1 amide bonds. The van der Waals surface area contributed by atoms with Gasteiger partial charge in [0.1, 0.15) is 0 Å². The van der Waals surface area contributed by atoms with Gasteiger partial charge in [-0.05, 0) is 24.8 Å². The second-order valence-electron chi connectivity index (χ2n) is 7.43. The van der Waals surface area contributed by atoms with Gasteiger partial charge in [-0.25, -0.2) is 0 Å². The van der Waals surface area contributed by atoms with Gasteiger partial charge in [0.2, 0.25) is 5.91 Å². The Labute approximate surface area is 187 Å². The second-order valence-corrected chi connectivity index (χ2v) is 7.43. The molecule has 2 N–H and O–H groups in total. The molecule has 6 heteroatoms. The topological polar surface area (TPSA) is 56.7 Å². The van der Waals surface area contributed by atoms with Crippen molar-refractivity contribution in [2.24, 2.45) is 16.8 Å². The molecule has 1 fully saturated rings. The Morgan fingerprint density at radius 3 is 2.54 bits per heavy atom. The molecule has 1 aliphatic heterocycles. The first-order valence-corrected chi connectivity index (χ1v) is 10.5. The molecule has 0 spiro atoms. The van der Waals surface area contributed by atoms with E-state index in [1.165, 1.54) is 5.56 Å². The monoisotopic (exact) mass is 500 g/mol. The first-order valence-electron chi connectivity index (χ1n) is 10.5. The van der Waals surface area contributed by atoms with Crippen molar-refractivity contribution < 1.29 is 4.79 Å². The van der Waals surface area contributed by atoms with Crippen molar-refractivity contribution in [3.05, 3.63) is 35.9 Å². The summed E-state index contributed by atoms with van der Waals surface area (Å²) in [7, 11) is 0. The van der Waals surface area contributed by atoms with Crippen LogP contribution >= 0.6 is 24.0 Å². The minimum atomic E-state index is 0. The number of rotatable bonds is 10. The molecule has 1 heterocycles. The third-order valence-corrected chi connectivity index (χ3v) is 5.37. The summed E-state index contributed by atoms with van der Waals surface area (Å²) in [6, 6.07) is 10.4. The van der Waals surface area contributed by atoms with E-state index in [9.17, 15) is 4.79 Å². The molecule has 1 saturated heterocycles. The number of hydrogen-bond acceptors (Lipinski definition) is 2. The number of nitrogens with zero attached hydrogens (tertiary/aromatic N) is 2. The zero-order chi connectivity index (χ0) is 19.5. The molecule has 1 atom stereocenters. The summed E-state index contributed by atoms with van der Waals surface area (Å²) in [4.78, 5) is 19.1. The summed E-state index contributed by atoms with van der Waals surface area (Å²) in [5.41, 5.74) is 1.29. The second kappa shape index (κ2) is 13.8. The summed E-state index contributed by atoms with van der Waals surface area (Å²) in [5.74, 6) is 2.14.